The summed E-state index contributed by atoms with van der Waals surface area (Å²) >= 11 is 0. The number of nitrogens with zero attached hydrogens (tertiary/aromatic N) is 1. The molecule has 0 aliphatic carbocycles. The van der Waals surface area contributed by atoms with Crippen molar-refractivity contribution >= 4 is 0 Å². The summed E-state index contributed by atoms with van der Waals surface area (Å²) in [5, 5.41) is 0. The Morgan fingerprint density at radius 2 is 1.68 bits per heavy atom. The molecule has 3 heteroatoms. The number of hydrogen-bond donors (Lipinski definition) is 1. The zero-order chi connectivity index (χ0) is 13.7. The van der Waals surface area contributed by atoms with Gasteiger partial charge in [0.05, 0.1) is 0 Å². The van der Waals surface area contributed by atoms with Gasteiger partial charge in [0.15, 0.2) is 0 Å². The van der Waals surface area contributed by atoms with Gasteiger partial charge >= 0.3 is 0 Å². The van der Waals surface area contributed by atoms with Crippen LogP contribution < -0.4 is 5.73 Å². The highest BCUT2D eigenvalue weighted by Gasteiger charge is 2.26. The first-order valence-electron chi connectivity index (χ1n) is 7.47. The van der Waals surface area contributed by atoms with E-state index in [0.29, 0.717) is 0 Å². The highest BCUT2D eigenvalue weighted by molar-refractivity contribution is 5.21. The van der Waals surface area contributed by atoms with Crippen LogP contribution >= 0.6 is 0 Å². The largest absolute Gasteiger partial charge is 0.326 e. The lowest BCUT2D eigenvalue weighted by atomic mass is 9.96. The fraction of sp³-hybridized carbons (Fsp3) is 0.625. The van der Waals surface area contributed by atoms with Crippen LogP contribution in [0.15, 0.2) is 24.3 Å². The molecule has 2 rings (SSSR count). The van der Waals surface area contributed by atoms with E-state index in [0.717, 1.165) is 25.1 Å². The van der Waals surface area contributed by atoms with Gasteiger partial charge in [-0.05, 0) is 50.0 Å². The second-order valence-electron chi connectivity index (χ2n) is 5.52. The van der Waals surface area contributed by atoms with Crippen molar-refractivity contribution in [2.45, 2.75) is 51.1 Å². The van der Waals surface area contributed by atoms with Crippen LogP contribution in [0.2, 0.25) is 0 Å². The van der Waals surface area contributed by atoms with Crippen LogP contribution in [0.5, 0.6) is 0 Å². The lowest BCUT2D eigenvalue weighted by Crippen LogP contribution is -2.41. The Labute approximate surface area is 115 Å². The highest BCUT2D eigenvalue weighted by atomic mass is 19.1. The molecule has 0 bridgehead atoms. The molecule has 1 aliphatic rings. The molecule has 1 heterocycles. The van der Waals surface area contributed by atoms with Crippen molar-refractivity contribution in [2.75, 3.05) is 13.1 Å². The summed E-state index contributed by atoms with van der Waals surface area (Å²) in [6.45, 7) is 4.34. The summed E-state index contributed by atoms with van der Waals surface area (Å²) in [7, 11) is 0. The van der Waals surface area contributed by atoms with Gasteiger partial charge in [-0.3, -0.25) is 4.90 Å². The first-order chi connectivity index (χ1) is 9.22. The Bertz CT molecular complexity index is 369. The van der Waals surface area contributed by atoms with E-state index in [1.807, 2.05) is 12.1 Å². The van der Waals surface area contributed by atoms with E-state index in [4.69, 9.17) is 5.73 Å². The van der Waals surface area contributed by atoms with Crippen molar-refractivity contribution in [2.24, 2.45) is 5.73 Å². The fourth-order valence-corrected chi connectivity index (χ4v) is 2.99. The number of likely N-dealkylation sites (tertiary alicyclic amines) is 1. The second-order valence-corrected chi connectivity index (χ2v) is 5.52. The first-order valence-corrected chi connectivity index (χ1v) is 7.47. The van der Waals surface area contributed by atoms with E-state index in [1.165, 1.54) is 25.7 Å². The minimum atomic E-state index is -0.177. The Hall–Kier alpha value is -0.930. The predicted molar refractivity (Wildman–Crippen MR) is 77.4 cm³/mol. The molecule has 2 unspecified atom stereocenters. The Morgan fingerprint density at radius 1 is 1.11 bits per heavy atom. The van der Waals surface area contributed by atoms with Gasteiger partial charge in [0, 0.05) is 12.1 Å². The predicted octanol–water partition coefficient (Wildman–Crippen LogP) is 3.48. The van der Waals surface area contributed by atoms with Gasteiger partial charge in [0.25, 0.3) is 0 Å². The van der Waals surface area contributed by atoms with Gasteiger partial charge in [-0.15, -0.1) is 0 Å². The molecule has 2 nitrogen and oxygen atoms in total. The molecule has 0 radical (unpaired) electrons. The third-order valence-corrected chi connectivity index (χ3v) is 4.12. The summed E-state index contributed by atoms with van der Waals surface area (Å²) in [5.41, 5.74) is 7.48. The van der Waals surface area contributed by atoms with Crippen LogP contribution in [0.3, 0.4) is 0 Å². The van der Waals surface area contributed by atoms with Crippen LogP contribution in [0.4, 0.5) is 4.39 Å². The second kappa shape index (κ2) is 7.01. The quantitative estimate of drug-likeness (QED) is 0.902. The number of nitrogens with two attached hydrogens (primary N) is 1. The van der Waals surface area contributed by atoms with Crippen molar-refractivity contribution in [1.29, 1.82) is 0 Å². The smallest absolute Gasteiger partial charge is 0.123 e. The molecule has 1 aliphatic heterocycles. The van der Waals surface area contributed by atoms with Gasteiger partial charge in [0.1, 0.15) is 5.82 Å². The van der Waals surface area contributed by atoms with Gasteiger partial charge in [-0.25, -0.2) is 4.39 Å². The number of rotatable bonds is 4. The maximum Gasteiger partial charge on any atom is 0.123 e. The van der Waals surface area contributed by atoms with Crippen LogP contribution in [0.25, 0.3) is 0 Å². The minimum Gasteiger partial charge on any atom is -0.326 e. The van der Waals surface area contributed by atoms with Crippen molar-refractivity contribution in [3.8, 4) is 0 Å². The van der Waals surface area contributed by atoms with E-state index in [2.05, 4.69) is 11.8 Å². The van der Waals surface area contributed by atoms with Gasteiger partial charge in [0.2, 0.25) is 0 Å². The van der Waals surface area contributed by atoms with E-state index in [-0.39, 0.29) is 17.9 Å². The van der Waals surface area contributed by atoms with Crippen LogP contribution in [-0.2, 0) is 0 Å². The molecule has 2 atom stereocenters. The molecule has 1 fully saturated rings. The summed E-state index contributed by atoms with van der Waals surface area (Å²) in [6.07, 6.45) is 6.06. The molecule has 0 amide bonds. The lowest BCUT2D eigenvalue weighted by Gasteiger charge is -2.35. The number of halogens is 1. The van der Waals surface area contributed by atoms with Crippen molar-refractivity contribution in [3.05, 3.63) is 35.6 Å². The summed E-state index contributed by atoms with van der Waals surface area (Å²) in [6, 6.07) is 7.21. The minimum absolute atomic E-state index is 0.114. The summed E-state index contributed by atoms with van der Waals surface area (Å²) in [5.74, 6) is -0.177. The molecule has 2 N–H and O–H groups in total. The topological polar surface area (TPSA) is 29.3 Å². The maximum atomic E-state index is 13.1. The zero-order valence-corrected chi connectivity index (χ0v) is 11.8. The number of hydrogen-bond acceptors (Lipinski definition) is 2. The van der Waals surface area contributed by atoms with Gasteiger partial charge in [-0.1, -0.05) is 31.9 Å². The van der Waals surface area contributed by atoms with Gasteiger partial charge < -0.3 is 5.73 Å². The van der Waals surface area contributed by atoms with Crippen molar-refractivity contribution in [1.82, 2.24) is 4.90 Å². The average molecular weight is 264 g/mol. The molecule has 1 saturated heterocycles. The van der Waals surface area contributed by atoms with Crippen LogP contribution in [0.1, 0.15) is 50.6 Å². The van der Waals surface area contributed by atoms with Crippen LogP contribution in [0, 0.1) is 5.82 Å². The van der Waals surface area contributed by atoms with Crippen molar-refractivity contribution < 1.29 is 4.39 Å². The zero-order valence-electron chi connectivity index (χ0n) is 11.8. The SMILES string of the molecule is CCC(N)C(c1ccc(F)cc1)N1CCCCCC1. The summed E-state index contributed by atoms with van der Waals surface area (Å²) < 4.78 is 13.1. The first kappa shape index (κ1) is 14.5. The standard InChI is InChI=1S/C16H25FN2/c1-2-15(18)16(13-7-9-14(17)10-8-13)19-11-5-3-4-6-12-19/h7-10,15-16H,2-6,11-12,18H2,1H3. The Morgan fingerprint density at radius 3 is 2.21 bits per heavy atom. The molecule has 1 aromatic carbocycles. The van der Waals surface area contributed by atoms with E-state index < -0.39 is 0 Å². The summed E-state index contributed by atoms with van der Waals surface area (Å²) in [4.78, 5) is 2.49. The molecule has 19 heavy (non-hydrogen) atoms. The highest BCUT2D eigenvalue weighted by Crippen LogP contribution is 2.27. The molecule has 106 valence electrons. The Kier molecular flexibility index (Phi) is 5.34. The number of benzene rings is 1. The molecular formula is C16H25FN2. The van der Waals surface area contributed by atoms with E-state index >= 15 is 0 Å². The fourth-order valence-electron chi connectivity index (χ4n) is 2.99. The molecule has 1 aromatic rings. The Balaban J connectivity index is 2.21. The molecular weight excluding hydrogens is 239 g/mol. The molecule has 0 spiro atoms. The maximum absolute atomic E-state index is 13.1. The average Bonchev–Trinajstić information content (AvgIpc) is 2.70. The molecule has 0 aromatic heterocycles. The monoisotopic (exact) mass is 264 g/mol. The van der Waals surface area contributed by atoms with Crippen molar-refractivity contribution in [3.63, 3.8) is 0 Å². The van der Waals surface area contributed by atoms with E-state index in [1.54, 1.807) is 12.1 Å². The van der Waals surface area contributed by atoms with E-state index in [9.17, 15) is 4.39 Å². The third-order valence-electron chi connectivity index (χ3n) is 4.12. The van der Waals surface area contributed by atoms with Gasteiger partial charge in [-0.2, -0.15) is 0 Å². The normalized spacial score (nSPS) is 20.8. The third kappa shape index (κ3) is 3.77. The molecule has 0 saturated carbocycles. The van der Waals surface area contributed by atoms with Crippen LogP contribution in [-0.4, -0.2) is 24.0 Å². The lowest BCUT2D eigenvalue weighted by molar-refractivity contribution is 0.175.